The number of rotatable bonds is 0. The van der Waals surface area contributed by atoms with E-state index in [1.54, 1.807) is 0 Å². The van der Waals surface area contributed by atoms with Crippen LogP contribution in [0, 0.1) is 0 Å². The van der Waals surface area contributed by atoms with E-state index in [0.717, 1.165) is 0 Å². The van der Waals surface area contributed by atoms with Gasteiger partial charge in [-0.3, -0.25) is 17.3 Å². The third-order valence-corrected chi connectivity index (χ3v) is 0.167. The topological polar surface area (TPSA) is 92.0 Å². The van der Waals surface area contributed by atoms with Crippen LogP contribution in [0.4, 0.5) is 0 Å². The molecule has 0 unspecified atom stereocenters. The molecule has 4 nitrogen and oxygen atoms in total. The van der Waals surface area contributed by atoms with E-state index in [4.69, 9.17) is 11.5 Å². The molecule has 0 aliphatic rings. The number of hydrazone groups is 1. The summed E-state index contributed by atoms with van der Waals surface area (Å²) < 4.78 is 0. The molecule has 0 amide bonds. The normalized spacial score (nSPS) is 5.33. The SMILES string of the molecule is Cl.N[NH+]=C(N)N. The molecule has 0 rings (SSSR count). The molecule has 5 heteroatoms. The third kappa shape index (κ3) is 10.1. The van der Waals surface area contributed by atoms with Gasteiger partial charge in [0.05, 0.1) is 0 Å². The maximum atomic E-state index is 4.75. The molecule has 0 aromatic rings. The van der Waals surface area contributed by atoms with Crippen molar-refractivity contribution in [1.29, 1.82) is 0 Å². The van der Waals surface area contributed by atoms with Crippen molar-refractivity contribution < 1.29 is 5.10 Å². The van der Waals surface area contributed by atoms with Crippen molar-refractivity contribution in [2.45, 2.75) is 0 Å². The Morgan fingerprint density at radius 1 is 1.33 bits per heavy atom. The summed E-state index contributed by atoms with van der Waals surface area (Å²) in [6, 6.07) is 0. The van der Waals surface area contributed by atoms with Crippen LogP contribution in [0.15, 0.2) is 0 Å². The molecule has 0 bridgehead atoms. The van der Waals surface area contributed by atoms with Gasteiger partial charge in [-0.15, -0.1) is 12.4 Å². The van der Waals surface area contributed by atoms with Gasteiger partial charge in [0.1, 0.15) is 0 Å². The summed E-state index contributed by atoms with van der Waals surface area (Å²) in [5.74, 6) is 4.67. The summed E-state index contributed by atoms with van der Waals surface area (Å²) >= 11 is 0. The van der Waals surface area contributed by atoms with Gasteiger partial charge in [0.2, 0.25) is 0 Å². The molecule has 0 aliphatic carbocycles. The number of halogens is 1. The quantitative estimate of drug-likeness (QED) is 0.114. The molecular formula is CH8ClN4+. The molecule has 0 aromatic heterocycles. The standard InChI is InChI=1S/CH6N4.ClH/c2-1(3)5-4;/h4H2,(H4,2,3,5);1H/p+1. The first-order valence-electron chi connectivity index (χ1n) is 1.12. The summed E-state index contributed by atoms with van der Waals surface area (Å²) in [5.41, 5.74) is 9.50. The molecule has 0 aliphatic heterocycles. The molecular weight excluding hydrogens is 103 g/mol. The van der Waals surface area contributed by atoms with Gasteiger partial charge in [-0.2, -0.15) is 5.10 Å². The molecule has 0 heterocycles. The summed E-state index contributed by atoms with van der Waals surface area (Å²) in [7, 11) is 0. The van der Waals surface area contributed by atoms with Gasteiger partial charge in [0.15, 0.2) is 0 Å². The van der Waals surface area contributed by atoms with E-state index in [9.17, 15) is 0 Å². The van der Waals surface area contributed by atoms with Crippen LogP contribution in [0.2, 0.25) is 0 Å². The Morgan fingerprint density at radius 3 is 1.50 bits per heavy atom. The van der Waals surface area contributed by atoms with Crippen LogP contribution in [0.1, 0.15) is 0 Å². The molecule has 6 heavy (non-hydrogen) atoms. The van der Waals surface area contributed by atoms with Gasteiger partial charge in [0.25, 0.3) is 0 Å². The molecule has 0 atom stereocenters. The highest BCUT2D eigenvalue weighted by molar-refractivity contribution is 5.85. The number of nitrogens with two attached hydrogens (primary N) is 3. The van der Waals surface area contributed by atoms with E-state index in [2.05, 4.69) is 5.84 Å². The molecule has 0 fully saturated rings. The van der Waals surface area contributed by atoms with Crippen molar-refractivity contribution in [3.8, 4) is 0 Å². The second kappa shape index (κ2) is 4.36. The zero-order valence-corrected chi connectivity index (χ0v) is 3.96. The summed E-state index contributed by atoms with van der Waals surface area (Å²) in [5, 5.41) is 2.00. The van der Waals surface area contributed by atoms with Gasteiger partial charge in [-0.1, -0.05) is 0 Å². The second-order valence-electron chi connectivity index (χ2n) is 0.600. The molecule has 0 saturated carbocycles. The first-order chi connectivity index (χ1) is 2.27. The lowest BCUT2D eigenvalue weighted by atomic mass is 11.1. The minimum atomic E-state index is 0. The number of guanidine groups is 1. The fourth-order valence-electron chi connectivity index (χ4n) is 0. The van der Waals surface area contributed by atoms with Crippen molar-refractivity contribution in [3.63, 3.8) is 0 Å². The summed E-state index contributed by atoms with van der Waals surface area (Å²) in [4.78, 5) is 0. The lowest BCUT2D eigenvalue weighted by Gasteiger charge is -1.69. The number of nitrogens with one attached hydrogen (secondary N) is 1. The van der Waals surface area contributed by atoms with E-state index in [-0.39, 0.29) is 18.4 Å². The molecule has 38 valence electrons. The van der Waals surface area contributed by atoms with Gasteiger partial charge < -0.3 is 0 Å². The first-order valence-corrected chi connectivity index (χ1v) is 1.12. The van der Waals surface area contributed by atoms with Crippen LogP contribution in [0.3, 0.4) is 0 Å². The molecule has 0 saturated heterocycles. The van der Waals surface area contributed by atoms with Gasteiger partial charge in [-0.05, 0) is 0 Å². The second-order valence-corrected chi connectivity index (χ2v) is 0.600. The van der Waals surface area contributed by atoms with Crippen LogP contribution < -0.4 is 22.4 Å². The zero-order valence-electron chi connectivity index (χ0n) is 3.14. The molecule has 0 radical (unpaired) electrons. The smallest absolute Gasteiger partial charge is 0.296 e. The minimum Gasteiger partial charge on any atom is -0.296 e. The van der Waals surface area contributed by atoms with Crippen LogP contribution in [-0.4, -0.2) is 5.96 Å². The van der Waals surface area contributed by atoms with Crippen LogP contribution >= 0.6 is 12.4 Å². The van der Waals surface area contributed by atoms with E-state index in [1.165, 1.54) is 0 Å². The average molecular weight is 112 g/mol. The highest BCUT2D eigenvalue weighted by Crippen LogP contribution is 0.949. The zero-order chi connectivity index (χ0) is 4.28. The van der Waals surface area contributed by atoms with E-state index >= 15 is 0 Å². The van der Waals surface area contributed by atoms with Crippen LogP contribution in [-0.2, 0) is 0 Å². The predicted molar refractivity (Wildman–Crippen MR) is 25.8 cm³/mol. The predicted octanol–water partition coefficient (Wildman–Crippen LogP) is -3.36. The average Bonchev–Trinajstić information content (AvgIpc) is 1.38. The third-order valence-electron chi connectivity index (χ3n) is 0.167. The fourth-order valence-corrected chi connectivity index (χ4v) is 0. The molecule has 7 N–H and O–H groups in total. The Kier molecular flexibility index (Phi) is 6.56. The maximum absolute atomic E-state index is 4.75. The fraction of sp³-hybridized carbons (Fsp3) is 0. The van der Waals surface area contributed by atoms with E-state index in [1.807, 2.05) is 5.10 Å². The number of hydrazine groups is 1. The van der Waals surface area contributed by atoms with Crippen molar-refractivity contribution in [2.75, 3.05) is 0 Å². The largest absolute Gasteiger partial charge is 0.360 e. The van der Waals surface area contributed by atoms with E-state index in [0.29, 0.717) is 0 Å². The molecule has 0 spiro atoms. The van der Waals surface area contributed by atoms with E-state index < -0.39 is 0 Å². The highest BCUT2D eigenvalue weighted by Gasteiger charge is 1.72. The lowest BCUT2D eigenvalue weighted by molar-refractivity contribution is -0.471. The Morgan fingerprint density at radius 2 is 1.50 bits per heavy atom. The Hall–Kier alpha value is -0.640. The lowest BCUT2D eigenvalue weighted by Crippen LogP contribution is -2.84. The molecule has 0 aromatic carbocycles. The minimum absolute atomic E-state index is 0. The Labute approximate surface area is 41.8 Å². The van der Waals surface area contributed by atoms with Crippen molar-refractivity contribution >= 4 is 18.4 Å². The van der Waals surface area contributed by atoms with Gasteiger partial charge in [-0.25, -0.2) is 0 Å². The van der Waals surface area contributed by atoms with Crippen molar-refractivity contribution in [2.24, 2.45) is 17.3 Å². The highest BCUT2D eigenvalue weighted by atomic mass is 35.5. The summed E-state index contributed by atoms with van der Waals surface area (Å²) in [6.45, 7) is 0. The Balaban J connectivity index is 0. The number of hydrogen-bond acceptors (Lipinski definition) is 1. The van der Waals surface area contributed by atoms with Crippen LogP contribution in [0.25, 0.3) is 0 Å². The van der Waals surface area contributed by atoms with Gasteiger partial charge in [0, 0.05) is 0 Å². The van der Waals surface area contributed by atoms with Crippen molar-refractivity contribution in [3.05, 3.63) is 0 Å². The summed E-state index contributed by atoms with van der Waals surface area (Å²) in [6.07, 6.45) is 0. The first kappa shape index (κ1) is 9.03. The van der Waals surface area contributed by atoms with Gasteiger partial charge >= 0.3 is 5.96 Å². The number of hydrogen-bond donors (Lipinski definition) is 4. The monoisotopic (exact) mass is 111 g/mol. The Bertz CT molecular complexity index is 45.5. The van der Waals surface area contributed by atoms with Crippen LogP contribution in [0.5, 0.6) is 0 Å². The maximum Gasteiger partial charge on any atom is 0.360 e. The van der Waals surface area contributed by atoms with Crippen molar-refractivity contribution in [1.82, 2.24) is 0 Å².